The molecule has 0 aliphatic rings. The number of hydrogen-bond acceptors (Lipinski definition) is 5. The number of rotatable bonds is 6. The van der Waals surface area contributed by atoms with Gasteiger partial charge >= 0.3 is 0 Å². The first-order valence-corrected chi connectivity index (χ1v) is 7.93. The van der Waals surface area contributed by atoms with Gasteiger partial charge in [-0.05, 0) is 43.9 Å². The molecule has 0 aliphatic carbocycles. The van der Waals surface area contributed by atoms with E-state index in [9.17, 15) is 0 Å². The van der Waals surface area contributed by atoms with Crippen LogP contribution in [0, 0.1) is 0 Å². The molecule has 5 nitrogen and oxygen atoms in total. The van der Waals surface area contributed by atoms with Crippen molar-refractivity contribution >= 4 is 16.9 Å². The van der Waals surface area contributed by atoms with Crippen LogP contribution in [0.25, 0.3) is 11.0 Å². The smallest absolute Gasteiger partial charge is 0.145 e. The van der Waals surface area contributed by atoms with Crippen molar-refractivity contribution in [2.75, 3.05) is 33.1 Å². The quantitative estimate of drug-likeness (QED) is 0.754. The third-order valence-electron chi connectivity index (χ3n) is 4.03. The second-order valence-electron chi connectivity index (χ2n) is 5.88. The molecule has 0 aliphatic heterocycles. The molecule has 24 heavy (non-hydrogen) atoms. The molecule has 1 atom stereocenters. The topological polar surface area (TPSA) is 50.3 Å². The van der Waals surface area contributed by atoms with Crippen molar-refractivity contribution in [3.63, 3.8) is 0 Å². The molecule has 0 amide bonds. The van der Waals surface area contributed by atoms with Crippen molar-refractivity contribution in [3.05, 3.63) is 60.3 Å². The Balaban J connectivity index is 1.77. The average molecular weight is 322 g/mol. The Hall–Kier alpha value is -2.66. The molecule has 0 radical (unpaired) electrons. The van der Waals surface area contributed by atoms with Gasteiger partial charge in [-0.2, -0.15) is 0 Å². The van der Waals surface area contributed by atoms with E-state index in [1.807, 2.05) is 36.4 Å². The molecule has 3 aromatic rings. The third-order valence-corrected chi connectivity index (χ3v) is 4.03. The van der Waals surface area contributed by atoms with Gasteiger partial charge in [-0.1, -0.05) is 24.3 Å². The van der Waals surface area contributed by atoms with Crippen LogP contribution in [0.4, 0.5) is 5.82 Å². The highest BCUT2D eigenvalue weighted by atomic mass is 16.5. The van der Waals surface area contributed by atoms with Gasteiger partial charge in [0.15, 0.2) is 0 Å². The zero-order chi connectivity index (χ0) is 16.9. The van der Waals surface area contributed by atoms with Gasteiger partial charge in [-0.3, -0.25) is 4.98 Å². The van der Waals surface area contributed by atoms with Crippen molar-refractivity contribution in [1.82, 2.24) is 14.9 Å². The molecule has 1 N–H and O–H groups in total. The fraction of sp³-hybridized carbons (Fsp3) is 0.263. The Morgan fingerprint density at radius 3 is 2.62 bits per heavy atom. The van der Waals surface area contributed by atoms with Gasteiger partial charge in [0.25, 0.3) is 0 Å². The van der Waals surface area contributed by atoms with E-state index in [1.165, 1.54) is 5.56 Å². The average Bonchev–Trinajstić information content (AvgIpc) is 2.61. The zero-order valence-corrected chi connectivity index (χ0v) is 14.2. The first kappa shape index (κ1) is 16.2. The predicted octanol–water partition coefficient (Wildman–Crippen LogP) is 3.35. The number of hydrogen-bond donors (Lipinski definition) is 1. The van der Waals surface area contributed by atoms with Crippen LogP contribution in [0.2, 0.25) is 0 Å². The molecule has 0 fully saturated rings. The van der Waals surface area contributed by atoms with Gasteiger partial charge in [0, 0.05) is 6.54 Å². The second-order valence-corrected chi connectivity index (χ2v) is 5.88. The van der Waals surface area contributed by atoms with E-state index in [1.54, 1.807) is 13.3 Å². The monoisotopic (exact) mass is 322 g/mol. The van der Waals surface area contributed by atoms with Gasteiger partial charge < -0.3 is 15.0 Å². The maximum atomic E-state index is 5.33. The number of anilines is 1. The van der Waals surface area contributed by atoms with Crippen LogP contribution < -0.4 is 10.1 Å². The highest BCUT2D eigenvalue weighted by Gasteiger charge is 2.15. The van der Waals surface area contributed by atoms with Crippen LogP contribution >= 0.6 is 0 Å². The first-order valence-electron chi connectivity index (χ1n) is 7.93. The van der Waals surface area contributed by atoms with Crippen molar-refractivity contribution < 1.29 is 4.74 Å². The summed E-state index contributed by atoms with van der Waals surface area (Å²) < 4.78 is 5.33. The van der Waals surface area contributed by atoms with E-state index >= 15 is 0 Å². The van der Waals surface area contributed by atoms with E-state index in [2.05, 4.69) is 46.4 Å². The van der Waals surface area contributed by atoms with E-state index in [0.717, 1.165) is 29.1 Å². The summed E-state index contributed by atoms with van der Waals surface area (Å²) >= 11 is 0. The van der Waals surface area contributed by atoms with E-state index in [-0.39, 0.29) is 6.04 Å². The van der Waals surface area contributed by atoms with E-state index in [4.69, 9.17) is 4.74 Å². The fourth-order valence-corrected chi connectivity index (χ4v) is 2.69. The molecule has 1 unspecified atom stereocenters. The summed E-state index contributed by atoms with van der Waals surface area (Å²) in [6.45, 7) is 0.729. The number of aromatic nitrogens is 2. The number of nitrogens with one attached hydrogen (secondary N) is 1. The molecule has 1 heterocycles. The van der Waals surface area contributed by atoms with Crippen molar-refractivity contribution in [3.8, 4) is 5.75 Å². The lowest BCUT2D eigenvalue weighted by molar-refractivity contribution is 0.310. The normalized spacial score (nSPS) is 12.3. The predicted molar refractivity (Wildman–Crippen MR) is 97.4 cm³/mol. The Kier molecular flexibility index (Phi) is 4.91. The first-order chi connectivity index (χ1) is 11.7. The largest absolute Gasteiger partial charge is 0.497 e. The SMILES string of the molecule is COc1cccc(C(CNc2cnc3ccccc3n2)N(C)C)c1. The minimum Gasteiger partial charge on any atom is -0.497 e. The van der Waals surface area contributed by atoms with Gasteiger partial charge in [0.2, 0.25) is 0 Å². The van der Waals surface area contributed by atoms with E-state index < -0.39 is 0 Å². The molecule has 0 saturated heterocycles. The molecular formula is C19H22N4O. The lowest BCUT2D eigenvalue weighted by Gasteiger charge is -2.25. The molecule has 3 rings (SSSR count). The summed E-state index contributed by atoms with van der Waals surface area (Å²) in [6, 6.07) is 16.2. The highest BCUT2D eigenvalue weighted by molar-refractivity contribution is 5.75. The van der Waals surface area contributed by atoms with Gasteiger partial charge in [0.1, 0.15) is 11.6 Å². The van der Waals surface area contributed by atoms with Crippen LogP contribution in [0.1, 0.15) is 11.6 Å². The summed E-state index contributed by atoms with van der Waals surface area (Å²) in [7, 11) is 5.82. The highest BCUT2D eigenvalue weighted by Crippen LogP contribution is 2.23. The van der Waals surface area contributed by atoms with Gasteiger partial charge in [0.05, 0.1) is 30.4 Å². The maximum absolute atomic E-state index is 5.33. The lowest BCUT2D eigenvalue weighted by Crippen LogP contribution is -2.27. The van der Waals surface area contributed by atoms with Crippen LogP contribution in [0.3, 0.4) is 0 Å². The molecule has 0 spiro atoms. The zero-order valence-electron chi connectivity index (χ0n) is 14.2. The summed E-state index contributed by atoms with van der Waals surface area (Å²) in [6.07, 6.45) is 1.78. The summed E-state index contributed by atoms with van der Waals surface area (Å²) in [5.74, 6) is 1.65. The number of fused-ring (bicyclic) bond motifs is 1. The maximum Gasteiger partial charge on any atom is 0.145 e. The second kappa shape index (κ2) is 7.27. The van der Waals surface area contributed by atoms with Crippen molar-refractivity contribution in [2.24, 2.45) is 0 Å². The molecular weight excluding hydrogens is 300 g/mol. The Morgan fingerprint density at radius 1 is 1.08 bits per heavy atom. The number of methoxy groups -OCH3 is 1. The summed E-state index contributed by atoms with van der Waals surface area (Å²) in [5, 5.41) is 3.40. The van der Waals surface area contributed by atoms with Gasteiger partial charge in [-0.15, -0.1) is 0 Å². The minimum atomic E-state index is 0.202. The number of likely N-dealkylation sites (N-methyl/N-ethyl adjacent to an activating group) is 1. The molecule has 5 heteroatoms. The summed E-state index contributed by atoms with van der Waals surface area (Å²) in [4.78, 5) is 11.2. The van der Waals surface area contributed by atoms with Crippen LogP contribution in [0.15, 0.2) is 54.7 Å². The van der Waals surface area contributed by atoms with E-state index in [0.29, 0.717) is 0 Å². The molecule has 124 valence electrons. The van der Waals surface area contributed by atoms with Crippen LogP contribution in [0.5, 0.6) is 5.75 Å². The third kappa shape index (κ3) is 3.63. The standard InChI is InChI=1S/C19H22N4O/c1-23(2)18(14-7-6-8-15(11-14)24-3)12-21-19-13-20-16-9-4-5-10-17(16)22-19/h4-11,13,18H,12H2,1-3H3,(H,21,22). The number of benzene rings is 2. The number of para-hydroxylation sites is 2. The summed E-state index contributed by atoms with van der Waals surface area (Å²) in [5.41, 5.74) is 2.99. The Bertz CT molecular complexity index is 819. The fourth-order valence-electron chi connectivity index (χ4n) is 2.69. The van der Waals surface area contributed by atoms with Crippen molar-refractivity contribution in [2.45, 2.75) is 6.04 Å². The van der Waals surface area contributed by atoms with Gasteiger partial charge in [-0.25, -0.2) is 4.98 Å². The number of nitrogens with zero attached hydrogens (tertiary/aromatic N) is 3. The van der Waals surface area contributed by atoms with Crippen molar-refractivity contribution in [1.29, 1.82) is 0 Å². The Morgan fingerprint density at radius 2 is 1.88 bits per heavy atom. The molecule has 0 bridgehead atoms. The van der Waals surface area contributed by atoms with Crippen LogP contribution in [-0.2, 0) is 0 Å². The number of ether oxygens (including phenoxy) is 1. The molecule has 0 saturated carbocycles. The van der Waals surface area contributed by atoms with Crippen LogP contribution in [-0.4, -0.2) is 42.6 Å². The molecule has 2 aromatic carbocycles. The molecule has 1 aromatic heterocycles. The Labute approximate surface area is 142 Å². The minimum absolute atomic E-state index is 0.202. The lowest BCUT2D eigenvalue weighted by atomic mass is 10.1.